The molecule has 0 aliphatic carbocycles. The second-order valence-corrected chi connectivity index (χ2v) is 7.62. The molecule has 2 bridgehead atoms. The first-order chi connectivity index (χ1) is 13.7. The number of aliphatic carboxylic acids is 2. The van der Waals surface area contributed by atoms with Crippen molar-refractivity contribution in [3.8, 4) is 5.75 Å². The molecule has 3 aliphatic rings. The van der Waals surface area contributed by atoms with E-state index in [9.17, 15) is 9.59 Å². The van der Waals surface area contributed by atoms with Gasteiger partial charge in [-0.3, -0.25) is 0 Å². The van der Waals surface area contributed by atoms with E-state index < -0.39 is 11.9 Å². The summed E-state index contributed by atoms with van der Waals surface area (Å²) >= 11 is 11.7. The average Bonchev–Trinajstić information content (AvgIpc) is 2.69. The minimum Gasteiger partial charge on any atom is -0.496 e. The van der Waals surface area contributed by atoms with E-state index in [1.807, 2.05) is 0 Å². The number of carboxylic acid groups (broad SMARTS) is 2. The second-order valence-electron chi connectivity index (χ2n) is 6.80. The molecule has 3 heterocycles. The number of anilines is 1. The van der Waals surface area contributed by atoms with Gasteiger partial charge in [0.15, 0.2) is 0 Å². The third-order valence-electron chi connectivity index (χ3n) is 4.90. The molecule has 0 saturated carbocycles. The highest BCUT2D eigenvalue weighted by molar-refractivity contribution is 7.80. The van der Waals surface area contributed by atoms with Crippen LogP contribution in [-0.2, 0) is 9.59 Å². The lowest BCUT2D eigenvalue weighted by Crippen LogP contribution is -2.57. The average molecular weight is 442 g/mol. The van der Waals surface area contributed by atoms with E-state index in [4.69, 9.17) is 44.5 Å². The van der Waals surface area contributed by atoms with Crippen molar-refractivity contribution in [2.75, 3.05) is 32.5 Å². The van der Waals surface area contributed by atoms with Gasteiger partial charge in [0.1, 0.15) is 10.7 Å². The van der Waals surface area contributed by atoms with Crippen LogP contribution in [0.2, 0.25) is 5.02 Å². The fourth-order valence-corrected chi connectivity index (χ4v) is 3.91. The zero-order chi connectivity index (χ0) is 21.6. The van der Waals surface area contributed by atoms with Crippen molar-refractivity contribution in [3.63, 3.8) is 0 Å². The molecule has 1 atom stereocenters. The number of hydrogen-bond acceptors (Lipinski definition) is 6. The van der Waals surface area contributed by atoms with Crippen LogP contribution in [0.1, 0.15) is 18.4 Å². The lowest BCUT2D eigenvalue weighted by atomic mass is 9.84. The minimum atomic E-state index is -1.26. The Morgan fingerprint density at radius 2 is 1.86 bits per heavy atom. The van der Waals surface area contributed by atoms with Crippen molar-refractivity contribution < 1.29 is 24.5 Å². The van der Waals surface area contributed by atoms with Crippen LogP contribution in [0, 0.1) is 5.92 Å². The number of nitrogens with two attached hydrogens (primary N) is 1. The van der Waals surface area contributed by atoms with E-state index in [1.54, 1.807) is 19.2 Å². The molecule has 0 radical (unpaired) electrons. The maximum absolute atomic E-state index is 9.55. The van der Waals surface area contributed by atoms with E-state index in [-0.39, 0.29) is 0 Å². The van der Waals surface area contributed by atoms with Gasteiger partial charge in [-0.15, -0.1) is 0 Å². The van der Waals surface area contributed by atoms with Crippen molar-refractivity contribution in [1.82, 2.24) is 10.2 Å². The number of rotatable bonds is 5. The van der Waals surface area contributed by atoms with Crippen LogP contribution >= 0.6 is 23.8 Å². The minimum absolute atomic E-state index is 0.418. The van der Waals surface area contributed by atoms with E-state index in [2.05, 4.69) is 10.2 Å². The summed E-state index contributed by atoms with van der Waals surface area (Å²) in [7, 11) is 1.61. The third-order valence-corrected chi connectivity index (χ3v) is 5.57. The number of ether oxygens (including phenoxy) is 1. The van der Waals surface area contributed by atoms with Crippen molar-refractivity contribution in [1.29, 1.82) is 0 Å². The maximum atomic E-state index is 9.55. The number of fused-ring (bicyclic) bond motifs is 3. The van der Waals surface area contributed by atoms with Gasteiger partial charge in [0.25, 0.3) is 0 Å². The summed E-state index contributed by atoms with van der Waals surface area (Å²) in [6.45, 7) is 3.50. The number of halogens is 1. The Morgan fingerprint density at radius 3 is 2.31 bits per heavy atom. The number of carboxylic acids is 2. The molecule has 0 spiro atoms. The van der Waals surface area contributed by atoms with Gasteiger partial charge >= 0.3 is 11.9 Å². The third kappa shape index (κ3) is 6.59. The molecule has 10 heteroatoms. The van der Waals surface area contributed by atoms with Crippen LogP contribution < -0.4 is 15.8 Å². The van der Waals surface area contributed by atoms with E-state index in [0.29, 0.717) is 45.6 Å². The first-order valence-corrected chi connectivity index (χ1v) is 9.80. The zero-order valence-corrected chi connectivity index (χ0v) is 17.5. The highest BCUT2D eigenvalue weighted by Gasteiger charge is 2.34. The summed E-state index contributed by atoms with van der Waals surface area (Å²) in [6.07, 6.45) is 3.62. The van der Waals surface area contributed by atoms with Crippen LogP contribution in [0.4, 0.5) is 5.69 Å². The van der Waals surface area contributed by atoms with Crippen LogP contribution in [0.5, 0.6) is 5.75 Å². The number of piperidine rings is 3. The molecule has 0 aromatic heterocycles. The number of nitrogens with zero attached hydrogens (tertiary/aromatic N) is 1. The quantitative estimate of drug-likeness (QED) is 0.308. The Morgan fingerprint density at radius 1 is 1.28 bits per heavy atom. The van der Waals surface area contributed by atoms with Gasteiger partial charge < -0.3 is 30.9 Å². The molecule has 3 fully saturated rings. The molecular formula is C19H24ClN3O5S. The lowest BCUT2D eigenvalue weighted by molar-refractivity contribution is -0.134. The highest BCUT2D eigenvalue weighted by atomic mass is 35.5. The standard InChI is InChI=1S/C15H20ClN3OS.C4H4O4/c1-20-14-7-12(17)11(16)6-10(14)15(21)18-13-8-19-4-2-9(13)3-5-19;5-3(6)1-2-4(7)8/h6-7,9,13H,2-5,8,17H2,1H3,(H,18,21);1-2H,(H,5,6)(H,7,8). The molecule has 5 N–H and O–H groups in total. The summed E-state index contributed by atoms with van der Waals surface area (Å²) < 4.78 is 5.38. The summed E-state index contributed by atoms with van der Waals surface area (Å²) in [5.41, 5.74) is 7.13. The predicted octanol–water partition coefficient (Wildman–Crippen LogP) is 2.00. The summed E-state index contributed by atoms with van der Waals surface area (Å²) in [5.74, 6) is -1.14. The molecule has 29 heavy (non-hydrogen) atoms. The van der Waals surface area contributed by atoms with Crippen LogP contribution in [0.15, 0.2) is 24.3 Å². The molecule has 1 unspecified atom stereocenters. The normalized spacial score (nSPS) is 22.5. The van der Waals surface area contributed by atoms with Crippen LogP contribution in [0.25, 0.3) is 0 Å². The number of nitrogen functional groups attached to an aromatic ring is 1. The van der Waals surface area contributed by atoms with Crippen molar-refractivity contribution in [2.45, 2.75) is 18.9 Å². The first kappa shape index (κ1) is 22.9. The molecule has 1 aromatic rings. The molecule has 3 aliphatic heterocycles. The van der Waals surface area contributed by atoms with Crippen molar-refractivity contribution in [3.05, 3.63) is 34.9 Å². The highest BCUT2D eigenvalue weighted by Crippen LogP contribution is 2.31. The molecule has 3 saturated heterocycles. The van der Waals surface area contributed by atoms with Crippen LogP contribution in [-0.4, -0.2) is 64.8 Å². The smallest absolute Gasteiger partial charge is 0.328 e. The van der Waals surface area contributed by atoms with E-state index in [1.165, 1.54) is 25.9 Å². The van der Waals surface area contributed by atoms with Crippen molar-refractivity contribution in [2.24, 2.45) is 5.92 Å². The Bertz CT molecular complexity index is 793. The Kier molecular flexibility index (Phi) is 8.24. The number of hydrogen-bond donors (Lipinski definition) is 4. The summed E-state index contributed by atoms with van der Waals surface area (Å²) in [5, 5.41) is 19.6. The topological polar surface area (TPSA) is 125 Å². The first-order valence-electron chi connectivity index (χ1n) is 9.01. The molecule has 1 aromatic carbocycles. The SMILES string of the molecule is COc1cc(N)c(Cl)cc1C(=S)NC1CN2CCC1CC2.O=C(O)C=CC(=O)O. The fourth-order valence-electron chi connectivity index (χ4n) is 3.43. The van der Waals surface area contributed by atoms with Crippen LogP contribution in [0.3, 0.4) is 0 Å². The zero-order valence-electron chi connectivity index (χ0n) is 15.9. The monoisotopic (exact) mass is 441 g/mol. The Labute approximate surface area is 179 Å². The van der Waals surface area contributed by atoms with Gasteiger partial charge in [-0.2, -0.15) is 0 Å². The maximum Gasteiger partial charge on any atom is 0.328 e. The van der Waals surface area contributed by atoms with Gasteiger partial charge in [-0.1, -0.05) is 23.8 Å². The number of thiocarbonyl (C=S) groups is 1. The number of benzene rings is 1. The predicted molar refractivity (Wildman–Crippen MR) is 115 cm³/mol. The number of methoxy groups -OCH3 is 1. The number of carbonyl (C=O) groups is 2. The number of nitrogens with one attached hydrogen (secondary N) is 1. The van der Waals surface area contributed by atoms with E-state index in [0.717, 1.165) is 12.1 Å². The Balaban J connectivity index is 0.000000321. The molecular weight excluding hydrogens is 418 g/mol. The van der Waals surface area contributed by atoms with Gasteiger partial charge in [-0.25, -0.2) is 9.59 Å². The van der Waals surface area contributed by atoms with Gasteiger partial charge in [0, 0.05) is 30.8 Å². The summed E-state index contributed by atoms with van der Waals surface area (Å²) in [4.78, 5) is 22.3. The van der Waals surface area contributed by atoms with Gasteiger partial charge in [0.2, 0.25) is 0 Å². The lowest BCUT2D eigenvalue weighted by Gasteiger charge is -2.45. The van der Waals surface area contributed by atoms with Gasteiger partial charge in [0.05, 0.1) is 23.4 Å². The molecule has 4 rings (SSSR count). The second kappa shape index (κ2) is 10.4. The Hall–Kier alpha value is -2.36. The molecule has 8 nitrogen and oxygen atoms in total. The van der Waals surface area contributed by atoms with E-state index >= 15 is 0 Å². The van der Waals surface area contributed by atoms with Crippen molar-refractivity contribution >= 4 is 46.4 Å². The summed E-state index contributed by atoms with van der Waals surface area (Å²) in [6, 6.07) is 3.93. The molecule has 0 amide bonds. The van der Waals surface area contributed by atoms with Gasteiger partial charge in [-0.05, 0) is 37.9 Å². The largest absolute Gasteiger partial charge is 0.496 e. The molecule has 158 valence electrons. The fraction of sp³-hybridized carbons (Fsp3) is 0.421.